The molecule has 2 N–H and O–H groups in total. The second-order valence-corrected chi connectivity index (χ2v) is 4.79. The van der Waals surface area contributed by atoms with Gasteiger partial charge in [-0.1, -0.05) is 30.3 Å². The normalized spacial score (nSPS) is 10.7. The van der Waals surface area contributed by atoms with Gasteiger partial charge in [0.15, 0.2) is 0 Å². The molecule has 0 bridgehead atoms. The minimum Gasteiger partial charge on any atom is -0.397 e. The van der Waals surface area contributed by atoms with Gasteiger partial charge in [0, 0.05) is 12.7 Å². The molecule has 3 aromatic rings. The summed E-state index contributed by atoms with van der Waals surface area (Å²) in [5.74, 6) is -0.321. The molecule has 0 aliphatic heterocycles. The van der Waals surface area contributed by atoms with Crippen LogP contribution in [0.3, 0.4) is 0 Å². The molecule has 0 unspecified atom stereocenters. The lowest BCUT2D eigenvalue weighted by molar-refractivity contribution is 0.628. The summed E-state index contributed by atoms with van der Waals surface area (Å²) in [6.07, 6.45) is 0. The van der Waals surface area contributed by atoms with E-state index in [1.165, 1.54) is 17.5 Å². The molecule has 0 heterocycles. The Morgan fingerprint density at radius 3 is 2.40 bits per heavy atom. The van der Waals surface area contributed by atoms with Crippen molar-refractivity contribution >= 4 is 27.8 Å². The van der Waals surface area contributed by atoms with E-state index in [0.29, 0.717) is 5.69 Å². The van der Waals surface area contributed by atoms with Crippen molar-refractivity contribution in [2.24, 2.45) is 0 Å². The van der Waals surface area contributed by atoms with Gasteiger partial charge in [0.2, 0.25) is 0 Å². The third-order valence-electron chi connectivity index (χ3n) is 3.47. The monoisotopic (exact) mass is 266 g/mol. The Morgan fingerprint density at radius 1 is 0.900 bits per heavy atom. The average Bonchev–Trinajstić information content (AvgIpc) is 2.46. The van der Waals surface area contributed by atoms with E-state index in [0.717, 1.165) is 16.8 Å². The van der Waals surface area contributed by atoms with Crippen LogP contribution in [0.2, 0.25) is 0 Å². The molecule has 0 aromatic heterocycles. The van der Waals surface area contributed by atoms with Gasteiger partial charge in [-0.2, -0.15) is 0 Å². The third-order valence-corrected chi connectivity index (χ3v) is 3.47. The van der Waals surface area contributed by atoms with Crippen LogP contribution in [0.15, 0.2) is 60.7 Å². The van der Waals surface area contributed by atoms with Crippen LogP contribution in [0.5, 0.6) is 0 Å². The number of nitrogen functional groups attached to an aromatic ring is 1. The van der Waals surface area contributed by atoms with Crippen molar-refractivity contribution in [2.75, 3.05) is 17.7 Å². The van der Waals surface area contributed by atoms with E-state index in [1.807, 2.05) is 30.1 Å². The van der Waals surface area contributed by atoms with Gasteiger partial charge in [0.25, 0.3) is 0 Å². The van der Waals surface area contributed by atoms with Crippen LogP contribution in [0.1, 0.15) is 0 Å². The standard InChI is InChI=1S/C17H15FN2/c1-20(17-9-7-14(18)11-16(17)19)15-8-6-12-4-2-3-5-13(12)10-15/h2-11H,19H2,1H3. The third kappa shape index (κ3) is 2.18. The summed E-state index contributed by atoms with van der Waals surface area (Å²) < 4.78 is 13.1. The zero-order valence-corrected chi connectivity index (χ0v) is 11.2. The summed E-state index contributed by atoms with van der Waals surface area (Å²) in [7, 11) is 1.92. The van der Waals surface area contributed by atoms with Gasteiger partial charge in [-0.05, 0) is 41.1 Å². The van der Waals surface area contributed by atoms with Crippen molar-refractivity contribution in [2.45, 2.75) is 0 Å². The Hall–Kier alpha value is -2.55. The molecule has 3 aromatic carbocycles. The van der Waals surface area contributed by atoms with Gasteiger partial charge in [0.05, 0.1) is 11.4 Å². The lowest BCUT2D eigenvalue weighted by Crippen LogP contribution is -2.11. The highest BCUT2D eigenvalue weighted by Gasteiger charge is 2.08. The first-order valence-electron chi connectivity index (χ1n) is 6.43. The van der Waals surface area contributed by atoms with Crippen LogP contribution in [0.4, 0.5) is 21.5 Å². The maximum Gasteiger partial charge on any atom is 0.125 e. The summed E-state index contributed by atoms with van der Waals surface area (Å²) in [6.45, 7) is 0. The molecular formula is C17H15FN2. The van der Waals surface area contributed by atoms with Crippen LogP contribution in [0.25, 0.3) is 10.8 Å². The number of nitrogens with zero attached hydrogens (tertiary/aromatic N) is 1. The molecule has 0 amide bonds. The quantitative estimate of drug-likeness (QED) is 0.699. The van der Waals surface area contributed by atoms with Crippen LogP contribution >= 0.6 is 0 Å². The molecule has 3 heteroatoms. The minimum absolute atomic E-state index is 0.321. The van der Waals surface area contributed by atoms with Gasteiger partial charge in [-0.25, -0.2) is 4.39 Å². The number of nitrogens with two attached hydrogens (primary N) is 1. The molecule has 0 fully saturated rings. The fraction of sp³-hybridized carbons (Fsp3) is 0.0588. The van der Waals surface area contributed by atoms with Crippen LogP contribution < -0.4 is 10.6 Å². The molecule has 100 valence electrons. The summed E-state index contributed by atoms with van der Waals surface area (Å²) in [5, 5.41) is 2.36. The van der Waals surface area contributed by atoms with E-state index in [4.69, 9.17) is 5.73 Å². The molecule has 0 atom stereocenters. The predicted octanol–water partition coefficient (Wildman–Crippen LogP) is 4.33. The lowest BCUT2D eigenvalue weighted by Gasteiger charge is -2.21. The highest BCUT2D eigenvalue weighted by atomic mass is 19.1. The van der Waals surface area contributed by atoms with E-state index < -0.39 is 0 Å². The van der Waals surface area contributed by atoms with E-state index in [9.17, 15) is 4.39 Å². The zero-order valence-electron chi connectivity index (χ0n) is 11.2. The Balaban J connectivity index is 2.05. The lowest BCUT2D eigenvalue weighted by atomic mass is 10.1. The topological polar surface area (TPSA) is 29.3 Å². The Bertz CT molecular complexity index is 768. The second kappa shape index (κ2) is 4.85. The van der Waals surface area contributed by atoms with Crippen LogP contribution in [-0.4, -0.2) is 7.05 Å². The van der Waals surface area contributed by atoms with Gasteiger partial charge < -0.3 is 10.6 Å². The summed E-state index contributed by atoms with van der Waals surface area (Å²) >= 11 is 0. The van der Waals surface area contributed by atoms with Crippen molar-refractivity contribution in [3.63, 3.8) is 0 Å². The largest absolute Gasteiger partial charge is 0.397 e. The predicted molar refractivity (Wildman–Crippen MR) is 82.8 cm³/mol. The maximum absolute atomic E-state index is 13.1. The molecule has 0 saturated carbocycles. The second-order valence-electron chi connectivity index (χ2n) is 4.79. The number of anilines is 3. The molecule has 0 spiro atoms. The van der Waals surface area contributed by atoms with Gasteiger partial charge >= 0.3 is 0 Å². The zero-order chi connectivity index (χ0) is 14.1. The first-order chi connectivity index (χ1) is 9.65. The van der Waals surface area contributed by atoms with E-state index >= 15 is 0 Å². The van der Waals surface area contributed by atoms with E-state index in [-0.39, 0.29) is 5.82 Å². The van der Waals surface area contributed by atoms with E-state index in [2.05, 4.69) is 24.3 Å². The number of fused-ring (bicyclic) bond motifs is 1. The Morgan fingerprint density at radius 2 is 1.65 bits per heavy atom. The number of rotatable bonds is 2. The van der Waals surface area contributed by atoms with Gasteiger partial charge in [0.1, 0.15) is 5.82 Å². The molecule has 2 nitrogen and oxygen atoms in total. The SMILES string of the molecule is CN(c1ccc2ccccc2c1)c1ccc(F)cc1N. The van der Waals surface area contributed by atoms with Gasteiger partial charge in [-0.15, -0.1) is 0 Å². The number of benzene rings is 3. The Labute approximate surface area is 117 Å². The Kier molecular flexibility index (Phi) is 3.03. The first kappa shape index (κ1) is 12.5. The molecular weight excluding hydrogens is 251 g/mol. The number of hydrogen-bond donors (Lipinski definition) is 1. The van der Waals surface area contributed by atoms with Crippen molar-refractivity contribution in [1.29, 1.82) is 0 Å². The molecule has 0 saturated heterocycles. The molecule has 0 aliphatic carbocycles. The first-order valence-corrected chi connectivity index (χ1v) is 6.43. The highest BCUT2D eigenvalue weighted by molar-refractivity contribution is 5.87. The smallest absolute Gasteiger partial charge is 0.125 e. The maximum atomic E-state index is 13.1. The average molecular weight is 266 g/mol. The van der Waals surface area contributed by atoms with Crippen molar-refractivity contribution in [1.82, 2.24) is 0 Å². The van der Waals surface area contributed by atoms with Gasteiger partial charge in [-0.3, -0.25) is 0 Å². The molecule has 0 radical (unpaired) electrons. The number of hydrogen-bond acceptors (Lipinski definition) is 2. The summed E-state index contributed by atoms with van der Waals surface area (Å²) in [5.41, 5.74) is 8.13. The molecule has 3 rings (SSSR count). The summed E-state index contributed by atoms with van der Waals surface area (Å²) in [6, 6.07) is 18.8. The summed E-state index contributed by atoms with van der Waals surface area (Å²) in [4.78, 5) is 1.96. The fourth-order valence-corrected chi connectivity index (χ4v) is 2.36. The van der Waals surface area contributed by atoms with Crippen LogP contribution in [0, 0.1) is 5.82 Å². The van der Waals surface area contributed by atoms with Crippen molar-refractivity contribution < 1.29 is 4.39 Å². The minimum atomic E-state index is -0.321. The fourth-order valence-electron chi connectivity index (χ4n) is 2.36. The number of halogens is 1. The van der Waals surface area contributed by atoms with E-state index in [1.54, 1.807) is 6.07 Å². The van der Waals surface area contributed by atoms with Crippen molar-refractivity contribution in [3.05, 3.63) is 66.5 Å². The van der Waals surface area contributed by atoms with Crippen LogP contribution in [-0.2, 0) is 0 Å². The molecule has 20 heavy (non-hydrogen) atoms. The van der Waals surface area contributed by atoms with Crippen molar-refractivity contribution in [3.8, 4) is 0 Å². The highest BCUT2D eigenvalue weighted by Crippen LogP contribution is 2.31. The molecule has 0 aliphatic rings.